The number of nitrogens with one attached hydrogen (secondary N) is 1. The minimum Gasteiger partial charge on any atom is -0.377 e. The third kappa shape index (κ3) is 4.90. The Hall–Kier alpha value is -3.34. The maximum Gasteiger partial charge on any atom is 0.301 e. The van der Waals surface area contributed by atoms with Gasteiger partial charge in [-0.3, -0.25) is 19.2 Å². The zero-order valence-corrected chi connectivity index (χ0v) is 20.5. The van der Waals surface area contributed by atoms with E-state index in [-0.39, 0.29) is 18.1 Å². The molecule has 10 heteroatoms. The number of likely N-dealkylation sites (N-methyl/N-ethyl adjacent to an activating group) is 1. The van der Waals surface area contributed by atoms with Crippen LogP contribution in [0.4, 0.5) is 5.69 Å². The molecule has 5 rings (SSSR count). The van der Waals surface area contributed by atoms with E-state index in [1.54, 1.807) is 47.4 Å². The van der Waals surface area contributed by atoms with Crippen LogP contribution in [0, 0.1) is 0 Å². The van der Waals surface area contributed by atoms with Crippen molar-refractivity contribution in [3.05, 3.63) is 65.2 Å². The molecule has 3 heterocycles. The van der Waals surface area contributed by atoms with Crippen LogP contribution < -0.4 is 10.2 Å². The molecule has 9 nitrogen and oxygen atoms in total. The number of pyridine rings is 1. The minimum atomic E-state index is -3.81. The summed E-state index contributed by atoms with van der Waals surface area (Å²) in [5.74, 6) is 0. The van der Waals surface area contributed by atoms with E-state index in [0.717, 1.165) is 30.4 Å². The summed E-state index contributed by atoms with van der Waals surface area (Å²) < 4.78 is 37.1. The van der Waals surface area contributed by atoms with E-state index in [1.165, 1.54) is 11.4 Å². The topological polar surface area (TPSA) is 106 Å². The fourth-order valence-corrected chi connectivity index (χ4v) is 5.30. The highest BCUT2D eigenvalue weighted by Crippen LogP contribution is 2.24. The van der Waals surface area contributed by atoms with Gasteiger partial charge in [0.05, 0.1) is 23.5 Å². The Morgan fingerprint density at radius 3 is 2.69 bits per heavy atom. The van der Waals surface area contributed by atoms with E-state index in [1.807, 2.05) is 19.3 Å². The van der Waals surface area contributed by atoms with Crippen LogP contribution in [-0.4, -0.2) is 53.8 Å². The van der Waals surface area contributed by atoms with Crippen LogP contribution in [0.3, 0.4) is 0 Å². The first-order chi connectivity index (χ1) is 16.8. The van der Waals surface area contributed by atoms with Crippen LogP contribution in [0.1, 0.15) is 19.3 Å². The number of hydrogen-bond donors (Lipinski definition) is 1. The lowest BCUT2D eigenvalue weighted by molar-refractivity contribution is 0.00865. The van der Waals surface area contributed by atoms with E-state index in [9.17, 15) is 13.2 Å². The van der Waals surface area contributed by atoms with E-state index in [0.29, 0.717) is 34.0 Å². The highest BCUT2D eigenvalue weighted by atomic mass is 32.2. The zero-order chi connectivity index (χ0) is 24.6. The first-order valence-electron chi connectivity index (χ1n) is 11.5. The summed E-state index contributed by atoms with van der Waals surface area (Å²) in [6.07, 6.45) is 8.06. The van der Waals surface area contributed by atoms with Crippen molar-refractivity contribution in [2.24, 2.45) is 7.05 Å². The molecule has 4 aromatic rings. The molecule has 1 saturated heterocycles. The molecule has 1 unspecified atom stereocenters. The molecule has 2 aromatic heterocycles. The van der Waals surface area contributed by atoms with Crippen LogP contribution in [0.15, 0.2) is 59.8 Å². The van der Waals surface area contributed by atoms with Gasteiger partial charge in [0.15, 0.2) is 5.43 Å². The van der Waals surface area contributed by atoms with Gasteiger partial charge in [0.1, 0.15) is 0 Å². The predicted octanol–water partition coefficient (Wildman–Crippen LogP) is 3.31. The number of aromatic nitrogens is 3. The first kappa shape index (κ1) is 23.4. The lowest BCUT2D eigenvalue weighted by atomic mass is 10.1. The van der Waals surface area contributed by atoms with Crippen molar-refractivity contribution in [2.45, 2.75) is 25.4 Å². The molecule has 0 radical (unpaired) electrons. The van der Waals surface area contributed by atoms with Gasteiger partial charge in [-0.1, -0.05) is 12.1 Å². The summed E-state index contributed by atoms with van der Waals surface area (Å²) in [6, 6.07) is 10.4. The van der Waals surface area contributed by atoms with Gasteiger partial charge in [0.2, 0.25) is 0 Å². The van der Waals surface area contributed by atoms with Crippen molar-refractivity contribution in [1.29, 1.82) is 0 Å². The lowest BCUT2D eigenvalue weighted by Gasteiger charge is -2.27. The summed E-state index contributed by atoms with van der Waals surface area (Å²) in [4.78, 5) is 18.0. The fourth-order valence-electron chi connectivity index (χ4n) is 4.36. The van der Waals surface area contributed by atoms with Crippen LogP contribution in [-0.2, 0) is 22.0 Å². The number of ether oxygens (including phenoxy) is 1. The Labute approximate surface area is 203 Å². The summed E-state index contributed by atoms with van der Waals surface area (Å²) in [6.45, 7) is 0.934. The molecule has 2 aromatic carbocycles. The number of fused-ring (bicyclic) bond motifs is 2. The number of benzene rings is 1. The number of anilines is 1. The molecule has 0 amide bonds. The van der Waals surface area contributed by atoms with Crippen molar-refractivity contribution < 1.29 is 13.2 Å². The molecular weight excluding hydrogens is 466 g/mol. The average molecular weight is 494 g/mol. The van der Waals surface area contributed by atoms with Gasteiger partial charge < -0.3 is 4.74 Å². The second-order valence-corrected chi connectivity index (χ2v) is 10.7. The van der Waals surface area contributed by atoms with Gasteiger partial charge in [0, 0.05) is 61.5 Å². The zero-order valence-electron chi connectivity index (χ0n) is 19.6. The van der Waals surface area contributed by atoms with Gasteiger partial charge in [-0.15, -0.1) is 0 Å². The second kappa shape index (κ2) is 9.37. The maximum atomic E-state index is 13.5. The van der Waals surface area contributed by atoms with Crippen molar-refractivity contribution in [1.82, 2.24) is 19.1 Å². The van der Waals surface area contributed by atoms with Crippen molar-refractivity contribution in [2.75, 3.05) is 24.9 Å². The summed E-state index contributed by atoms with van der Waals surface area (Å²) in [7, 11) is -0.461. The summed E-state index contributed by atoms with van der Waals surface area (Å²) in [5.41, 5.74) is 2.30. The molecule has 182 valence electrons. The normalized spacial score (nSPS) is 16.7. The SMILES string of the molecule is CN(CC1CCCCO1)S(=O)(=O)Nc1ccc2ccc3ncc(-c4cnn(C)c4)cc3c(=O)c2c1. The van der Waals surface area contributed by atoms with Gasteiger partial charge in [0.25, 0.3) is 0 Å². The van der Waals surface area contributed by atoms with E-state index < -0.39 is 10.2 Å². The van der Waals surface area contributed by atoms with Crippen molar-refractivity contribution in [3.63, 3.8) is 0 Å². The largest absolute Gasteiger partial charge is 0.377 e. The average Bonchev–Trinajstić information content (AvgIpc) is 3.23. The van der Waals surface area contributed by atoms with Crippen molar-refractivity contribution >= 4 is 37.6 Å². The molecule has 0 bridgehead atoms. The molecule has 1 aliphatic rings. The maximum absolute atomic E-state index is 13.5. The van der Waals surface area contributed by atoms with E-state index in [2.05, 4.69) is 14.8 Å². The number of nitrogens with zero attached hydrogens (tertiary/aromatic N) is 4. The third-order valence-electron chi connectivity index (χ3n) is 6.31. The molecular formula is C25H27N5O4S. The van der Waals surface area contributed by atoms with Gasteiger partial charge >= 0.3 is 10.2 Å². The Kier molecular flexibility index (Phi) is 6.26. The smallest absolute Gasteiger partial charge is 0.301 e. The molecule has 0 saturated carbocycles. The molecule has 1 atom stereocenters. The Morgan fingerprint density at radius 1 is 1.11 bits per heavy atom. The Morgan fingerprint density at radius 2 is 1.94 bits per heavy atom. The number of rotatable bonds is 6. The molecule has 1 aliphatic heterocycles. The number of aryl methyl sites for hydroxylation is 1. The van der Waals surface area contributed by atoms with Gasteiger partial charge in [-0.25, -0.2) is 0 Å². The summed E-state index contributed by atoms with van der Waals surface area (Å²) >= 11 is 0. The molecule has 0 spiro atoms. The minimum absolute atomic E-state index is 0.109. The number of hydrogen-bond acceptors (Lipinski definition) is 6. The van der Waals surface area contributed by atoms with Gasteiger partial charge in [-0.05, 0) is 48.9 Å². The fraction of sp³-hybridized carbons (Fsp3) is 0.320. The van der Waals surface area contributed by atoms with Crippen LogP contribution in [0.5, 0.6) is 0 Å². The molecule has 35 heavy (non-hydrogen) atoms. The monoisotopic (exact) mass is 493 g/mol. The van der Waals surface area contributed by atoms with Crippen LogP contribution in [0.25, 0.3) is 32.8 Å². The second-order valence-electron chi connectivity index (χ2n) is 8.90. The van der Waals surface area contributed by atoms with E-state index >= 15 is 0 Å². The van der Waals surface area contributed by atoms with Gasteiger partial charge in [-0.2, -0.15) is 17.8 Å². The van der Waals surface area contributed by atoms with Crippen molar-refractivity contribution in [3.8, 4) is 11.1 Å². The molecule has 1 N–H and O–H groups in total. The van der Waals surface area contributed by atoms with E-state index in [4.69, 9.17) is 4.74 Å². The standard InChI is InChI=1S/C25H27N5O4S/c1-29-15-19(14-27-29)18-11-23-24(26-13-18)9-7-17-6-8-20(12-22(17)25(23)31)28-35(32,33)30(2)16-21-5-3-4-10-34-21/h6-9,11-15,21,28H,3-5,10,16H2,1-2H3. The third-order valence-corrected chi connectivity index (χ3v) is 7.78. The molecule has 0 aliphatic carbocycles. The molecule has 1 fully saturated rings. The summed E-state index contributed by atoms with van der Waals surface area (Å²) in [5, 5.41) is 5.74. The predicted molar refractivity (Wildman–Crippen MR) is 136 cm³/mol. The quantitative estimate of drug-likeness (QED) is 0.442. The Balaban J connectivity index is 1.50. The highest BCUT2D eigenvalue weighted by molar-refractivity contribution is 7.90. The van der Waals surface area contributed by atoms with Crippen LogP contribution in [0.2, 0.25) is 0 Å². The highest BCUT2D eigenvalue weighted by Gasteiger charge is 2.24. The van der Waals surface area contributed by atoms with Crippen LogP contribution >= 0.6 is 0 Å². The lowest BCUT2D eigenvalue weighted by Crippen LogP contribution is -2.39. The first-order valence-corrected chi connectivity index (χ1v) is 13.0. The Bertz CT molecular complexity index is 1560.